The Labute approximate surface area is 105 Å². The van der Waals surface area contributed by atoms with Crippen LogP contribution in [0, 0.1) is 0 Å². The number of rotatable bonds is 3. The fourth-order valence-electron chi connectivity index (χ4n) is 3.20. The summed E-state index contributed by atoms with van der Waals surface area (Å²) < 4.78 is 5.68. The number of hydrogen-bond donors (Lipinski definition) is 1. The Morgan fingerprint density at radius 3 is 2.53 bits per heavy atom. The number of ether oxygens (including phenoxy) is 1. The van der Waals surface area contributed by atoms with Crippen LogP contribution < -0.4 is 0 Å². The molecule has 0 spiro atoms. The Kier molecular flexibility index (Phi) is 5.26. The van der Waals surface area contributed by atoms with Crippen molar-refractivity contribution in [1.82, 2.24) is 4.90 Å². The largest absolute Gasteiger partial charge is 0.391 e. The van der Waals surface area contributed by atoms with Crippen LogP contribution in [-0.2, 0) is 4.74 Å². The van der Waals surface area contributed by atoms with E-state index in [1.165, 1.54) is 38.5 Å². The number of hydrogen-bond acceptors (Lipinski definition) is 3. The van der Waals surface area contributed by atoms with Gasteiger partial charge in [0.2, 0.25) is 0 Å². The molecular weight excluding hydrogens is 214 g/mol. The molecule has 17 heavy (non-hydrogen) atoms. The molecule has 3 nitrogen and oxygen atoms in total. The first-order valence-electron chi connectivity index (χ1n) is 7.27. The smallest absolute Gasteiger partial charge is 0.0702 e. The standard InChI is InChI=1S/C14H27NO2/c1-15(11-12-7-6-10-17-12)13-8-4-2-3-5-9-14(13)16/h12-14,16H,2-11H2,1H3. The molecule has 1 aliphatic carbocycles. The SMILES string of the molecule is CN(CC1CCCO1)C1CCCCCCC1O. The van der Waals surface area contributed by atoms with Gasteiger partial charge in [0.25, 0.3) is 0 Å². The average Bonchev–Trinajstić information content (AvgIpc) is 2.76. The summed E-state index contributed by atoms with van der Waals surface area (Å²) >= 11 is 0. The van der Waals surface area contributed by atoms with Gasteiger partial charge >= 0.3 is 0 Å². The van der Waals surface area contributed by atoms with Gasteiger partial charge in [0, 0.05) is 19.2 Å². The first-order chi connectivity index (χ1) is 8.27. The third kappa shape index (κ3) is 3.94. The fraction of sp³-hybridized carbons (Fsp3) is 1.00. The highest BCUT2D eigenvalue weighted by atomic mass is 16.5. The molecule has 1 aliphatic heterocycles. The van der Waals surface area contributed by atoms with E-state index < -0.39 is 0 Å². The molecule has 1 saturated carbocycles. The van der Waals surface area contributed by atoms with Gasteiger partial charge < -0.3 is 9.84 Å². The van der Waals surface area contributed by atoms with E-state index in [1.54, 1.807) is 0 Å². The van der Waals surface area contributed by atoms with Gasteiger partial charge in [0.15, 0.2) is 0 Å². The summed E-state index contributed by atoms with van der Waals surface area (Å²) in [6.45, 7) is 1.91. The molecule has 2 fully saturated rings. The molecule has 1 saturated heterocycles. The Balaban J connectivity index is 1.83. The highest BCUT2D eigenvalue weighted by Crippen LogP contribution is 2.22. The van der Waals surface area contributed by atoms with E-state index in [-0.39, 0.29) is 6.10 Å². The summed E-state index contributed by atoms with van der Waals surface area (Å²) in [7, 11) is 2.15. The van der Waals surface area contributed by atoms with Crippen molar-refractivity contribution in [3.63, 3.8) is 0 Å². The predicted molar refractivity (Wildman–Crippen MR) is 69.1 cm³/mol. The van der Waals surface area contributed by atoms with Crippen LogP contribution in [0.2, 0.25) is 0 Å². The first-order valence-corrected chi connectivity index (χ1v) is 7.27. The van der Waals surface area contributed by atoms with E-state index in [0.29, 0.717) is 12.1 Å². The highest BCUT2D eigenvalue weighted by molar-refractivity contribution is 4.81. The lowest BCUT2D eigenvalue weighted by atomic mass is 9.93. The van der Waals surface area contributed by atoms with Crippen molar-refractivity contribution in [1.29, 1.82) is 0 Å². The monoisotopic (exact) mass is 241 g/mol. The second kappa shape index (κ2) is 6.72. The van der Waals surface area contributed by atoms with Crippen LogP contribution in [0.1, 0.15) is 51.4 Å². The van der Waals surface area contributed by atoms with Gasteiger partial charge in [-0.1, -0.05) is 25.7 Å². The average molecular weight is 241 g/mol. The van der Waals surface area contributed by atoms with E-state index in [1.807, 2.05) is 0 Å². The topological polar surface area (TPSA) is 32.7 Å². The van der Waals surface area contributed by atoms with Crippen LogP contribution in [0.25, 0.3) is 0 Å². The normalized spacial score (nSPS) is 35.8. The summed E-state index contributed by atoms with van der Waals surface area (Å²) in [4.78, 5) is 2.34. The molecular formula is C14H27NO2. The maximum absolute atomic E-state index is 10.2. The Morgan fingerprint density at radius 1 is 1.06 bits per heavy atom. The molecule has 100 valence electrons. The minimum Gasteiger partial charge on any atom is -0.391 e. The molecule has 0 aromatic rings. The Hall–Kier alpha value is -0.120. The van der Waals surface area contributed by atoms with Crippen LogP contribution >= 0.6 is 0 Å². The van der Waals surface area contributed by atoms with Crippen molar-refractivity contribution < 1.29 is 9.84 Å². The van der Waals surface area contributed by atoms with Crippen LogP contribution in [0.5, 0.6) is 0 Å². The van der Waals surface area contributed by atoms with Crippen LogP contribution in [0.3, 0.4) is 0 Å². The Morgan fingerprint density at radius 2 is 1.82 bits per heavy atom. The van der Waals surface area contributed by atoms with Gasteiger partial charge in [-0.15, -0.1) is 0 Å². The molecule has 0 radical (unpaired) electrons. The van der Waals surface area contributed by atoms with Crippen LogP contribution in [0.15, 0.2) is 0 Å². The minimum absolute atomic E-state index is 0.137. The van der Waals surface area contributed by atoms with Crippen LogP contribution in [0.4, 0.5) is 0 Å². The van der Waals surface area contributed by atoms with Crippen molar-refractivity contribution in [3.8, 4) is 0 Å². The van der Waals surface area contributed by atoms with Crippen molar-refractivity contribution >= 4 is 0 Å². The summed E-state index contributed by atoms with van der Waals surface area (Å²) in [6.07, 6.45) is 9.84. The quantitative estimate of drug-likeness (QED) is 0.822. The van der Waals surface area contributed by atoms with Gasteiger partial charge in [-0.05, 0) is 32.7 Å². The number of nitrogens with zero attached hydrogens (tertiary/aromatic N) is 1. The summed E-state index contributed by atoms with van der Waals surface area (Å²) in [5.41, 5.74) is 0. The molecule has 0 bridgehead atoms. The molecule has 1 heterocycles. The van der Waals surface area contributed by atoms with Crippen molar-refractivity contribution in [2.45, 2.75) is 69.6 Å². The first kappa shape index (κ1) is 13.3. The van der Waals surface area contributed by atoms with E-state index in [9.17, 15) is 5.11 Å². The molecule has 0 aromatic carbocycles. The molecule has 0 amide bonds. The molecule has 3 heteroatoms. The lowest BCUT2D eigenvalue weighted by molar-refractivity contribution is 0.0127. The molecule has 0 aromatic heterocycles. The van der Waals surface area contributed by atoms with Gasteiger partial charge in [-0.3, -0.25) is 4.90 Å². The molecule has 1 N–H and O–H groups in total. The minimum atomic E-state index is -0.137. The zero-order valence-corrected chi connectivity index (χ0v) is 11.1. The summed E-state index contributed by atoms with van der Waals surface area (Å²) in [5.74, 6) is 0. The molecule has 2 aliphatic rings. The van der Waals surface area contributed by atoms with Gasteiger partial charge in [0.1, 0.15) is 0 Å². The maximum atomic E-state index is 10.2. The van der Waals surface area contributed by atoms with Gasteiger partial charge in [-0.25, -0.2) is 0 Å². The van der Waals surface area contributed by atoms with Crippen molar-refractivity contribution in [2.75, 3.05) is 20.2 Å². The third-order valence-electron chi connectivity index (χ3n) is 4.28. The second-order valence-electron chi connectivity index (χ2n) is 5.70. The summed E-state index contributed by atoms with van der Waals surface area (Å²) in [6, 6.07) is 0.347. The highest BCUT2D eigenvalue weighted by Gasteiger charge is 2.27. The third-order valence-corrected chi connectivity index (χ3v) is 4.28. The van der Waals surface area contributed by atoms with E-state index in [0.717, 1.165) is 26.0 Å². The van der Waals surface area contributed by atoms with Crippen molar-refractivity contribution in [2.24, 2.45) is 0 Å². The number of likely N-dealkylation sites (N-methyl/N-ethyl adjacent to an activating group) is 1. The van der Waals surface area contributed by atoms with E-state index in [2.05, 4.69) is 11.9 Å². The lowest BCUT2D eigenvalue weighted by Crippen LogP contribution is -2.45. The van der Waals surface area contributed by atoms with Gasteiger partial charge in [0.05, 0.1) is 12.2 Å². The molecule has 3 unspecified atom stereocenters. The number of aliphatic hydroxyl groups excluding tert-OH is 1. The number of aliphatic hydroxyl groups is 1. The predicted octanol–water partition coefficient (Wildman–Crippen LogP) is 2.18. The second-order valence-corrected chi connectivity index (χ2v) is 5.70. The summed E-state index contributed by atoms with van der Waals surface area (Å²) in [5, 5.41) is 10.2. The zero-order valence-electron chi connectivity index (χ0n) is 11.1. The van der Waals surface area contributed by atoms with Crippen LogP contribution in [-0.4, -0.2) is 48.5 Å². The lowest BCUT2D eigenvalue weighted by Gasteiger charge is -2.34. The molecule has 2 rings (SSSR count). The maximum Gasteiger partial charge on any atom is 0.0702 e. The van der Waals surface area contributed by atoms with Gasteiger partial charge in [-0.2, -0.15) is 0 Å². The Bertz CT molecular complexity index is 216. The van der Waals surface area contributed by atoms with Crippen molar-refractivity contribution in [3.05, 3.63) is 0 Å². The zero-order chi connectivity index (χ0) is 12.1. The molecule has 3 atom stereocenters. The van der Waals surface area contributed by atoms with E-state index >= 15 is 0 Å². The van der Waals surface area contributed by atoms with E-state index in [4.69, 9.17) is 4.74 Å². The fourth-order valence-corrected chi connectivity index (χ4v) is 3.20.